The summed E-state index contributed by atoms with van der Waals surface area (Å²) in [6.45, 7) is 1.19. The van der Waals surface area contributed by atoms with Gasteiger partial charge in [-0.15, -0.1) is 0 Å². The largest absolute Gasteiger partial charge is 0.496 e. The molecule has 5 rings (SSSR count). The molecule has 31 heavy (non-hydrogen) atoms. The number of hydrogen-bond donors (Lipinski definition) is 1. The fourth-order valence-corrected chi connectivity index (χ4v) is 6.68. The maximum Gasteiger partial charge on any atom is 0.243 e. The Morgan fingerprint density at radius 1 is 0.935 bits per heavy atom. The van der Waals surface area contributed by atoms with Gasteiger partial charge in [-0.1, -0.05) is 42.5 Å². The maximum atomic E-state index is 13.3. The number of rotatable bonds is 5. The lowest BCUT2D eigenvalue weighted by molar-refractivity contribution is 0.0370. The zero-order valence-corrected chi connectivity index (χ0v) is 17.8. The van der Waals surface area contributed by atoms with Crippen molar-refractivity contribution in [2.24, 2.45) is 0 Å². The maximum absolute atomic E-state index is 13.3. The number of nitrogens with one attached hydrogen (secondary N) is 1. The van der Waals surface area contributed by atoms with Crippen molar-refractivity contribution in [3.63, 3.8) is 0 Å². The summed E-state index contributed by atoms with van der Waals surface area (Å²) in [5, 5.41) is 3.32. The first-order valence-electron chi connectivity index (χ1n) is 10.2. The molecule has 2 aliphatic rings. The summed E-state index contributed by atoms with van der Waals surface area (Å²) in [6.07, 6.45) is 0. The normalized spacial score (nSPS) is 23.2. The van der Waals surface area contributed by atoms with E-state index in [1.165, 1.54) is 24.3 Å². The van der Waals surface area contributed by atoms with Crippen LogP contribution in [0.1, 0.15) is 11.5 Å². The third-order valence-electron chi connectivity index (χ3n) is 6.29. The summed E-state index contributed by atoms with van der Waals surface area (Å²) in [5.41, 5.74) is 3.20. The smallest absolute Gasteiger partial charge is 0.243 e. The van der Waals surface area contributed by atoms with Gasteiger partial charge in [0, 0.05) is 36.7 Å². The third-order valence-corrected chi connectivity index (χ3v) is 8.26. The van der Waals surface area contributed by atoms with Gasteiger partial charge in [-0.25, -0.2) is 12.8 Å². The average molecular weight is 439 g/mol. The van der Waals surface area contributed by atoms with E-state index in [9.17, 15) is 12.8 Å². The summed E-state index contributed by atoms with van der Waals surface area (Å²) in [7, 11) is -2.01. The SMILES string of the molecule is COc1ccccc1-c1ccc(C2[C@H]3CNC[C@@H]2N3S(=O)(=O)c2ccc(F)cc2)cc1. The van der Waals surface area contributed by atoms with Crippen LogP contribution in [0.25, 0.3) is 11.1 Å². The van der Waals surface area contributed by atoms with E-state index in [-0.39, 0.29) is 22.9 Å². The number of methoxy groups -OCH3 is 1. The molecule has 0 spiro atoms. The molecule has 0 saturated carbocycles. The van der Waals surface area contributed by atoms with Crippen LogP contribution in [0.15, 0.2) is 77.7 Å². The lowest BCUT2D eigenvalue weighted by Gasteiger charge is -2.57. The summed E-state index contributed by atoms with van der Waals surface area (Å²) >= 11 is 0. The molecule has 2 heterocycles. The zero-order chi connectivity index (χ0) is 21.6. The van der Waals surface area contributed by atoms with Crippen molar-refractivity contribution in [3.8, 4) is 16.9 Å². The van der Waals surface area contributed by atoms with Crippen LogP contribution < -0.4 is 10.1 Å². The van der Waals surface area contributed by atoms with Crippen molar-refractivity contribution < 1.29 is 17.5 Å². The molecule has 2 saturated heterocycles. The number of nitrogens with zero attached hydrogens (tertiary/aromatic N) is 1. The van der Waals surface area contributed by atoms with Gasteiger partial charge in [-0.3, -0.25) is 0 Å². The Hall–Kier alpha value is -2.74. The summed E-state index contributed by atoms with van der Waals surface area (Å²) in [4.78, 5) is 0.135. The van der Waals surface area contributed by atoms with Crippen LogP contribution >= 0.6 is 0 Å². The van der Waals surface area contributed by atoms with Crippen molar-refractivity contribution in [1.82, 2.24) is 9.62 Å². The Morgan fingerprint density at radius 3 is 2.23 bits per heavy atom. The first kappa shape index (κ1) is 20.2. The second-order valence-corrected chi connectivity index (χ2v) is 9.77. The molecule has 3 aromatic rings. The number of para-hydroxylation sites is 1. The number of ether oxygens (including phenoxy) is 1. The molecule has 0 aliphatic carbocycles. The molecule has 3 atom stereocenters. The number of fused-ring (bicyclic) bond motifs is 2. The Bertz CT molecular complexity index is 1180. The van der Waals surface area contributed by atoms with Crippen LogP contribution in [-0.2, 0) is 10.0 Å². The molecule has 2 aliphatic heterocycles. The minimum atomic E-state index is -3.67. The van der Waals surface area contributed by atoms with Crippen molar-refractivity contribution in [2.45, 2.75) is 22.9 Å². The van der Waals surface area contributed by atoms with Gasteiger partial charge < -0.3 is 10.1 Å². The average Bonchev–Trinajstić information content (AvgIpc) is 2.80. The molecule has 5 nitrogen and oxygen atoms in total. The molecule has 160 valence electrons. The second kappa shape index (κ2) is 7.75. The fraction of sp³-hybridized carbons (Fsp3) is 0.250. The van der Waals surface area contributed by atoms with Crippen LogP contribution in [0.3, 0.4) is 0 Å². The lowest BCUT2D eigenvalue weighted by atomic mass is 9.74. The molecule has 3 aromatic carbocycles. The molecule has 1 N–H and O–H groups in total. The summed E-state index contributed by atoms with van der Waals surface area (Å²) in [6, 6.07) is 20.9. The number of halogens is 1. The predicted molar refractivity (Wildman–Crippen MR) is 117 cm³/mol. The molecule has 0 radical (unpaired) electrons. The van der Waals surface area contributed by atoms with Crippen LogP contribution in [0.2, 0.25) is 0 Å². The summed E-state index contributed by atoms with van der Waals surface area (Å²) in [5.74, 6) is 0.497. The summed E-state index contributed by atoms with van der Waals surface area (Å²) < 4.78 is 46.7. The van der Waals surface area contributed by atoms with Crippen molar-refractivity contribution in [2.75, 3.05) is 20.2 Å². The van der Waals surface area contributed by atoms with Gasteiger partial charge in [-0.2, -0.15) is 4.31 Å². The van der Waals surface area contributed by atoms with E-state index in [0.29, 0.717) is 13.1 Å². The van der Waals surface area contributed by atoms with Gasteiger partial charge in [0.25, 0.3) is 0 Å². The van der Waals surface area contributed by atoms with Gasteiger partial charge in [-0.05, 0) is 41.5 Å². The molecule has 2 fully saturated rings. The quantitative estimate of drug-likeness (QED) is 0.661. The number of benzene rings is 3. The van der Waals surface area contributed by atoms with Gasteiger partial charge >= 0.3 is 0 Å². The van der Waals surface area contributed by atoms with Gasteiger partial charge in [0.05, 0.1) is 12.0 Å². The van der Waals surface area contributed by atoms with E-state index in [4.69, 9.17) is 4.74 Å². The zero-order valence-electron chi connectivity index (χ0n) is 17.0. The number of sulfonamides is 1. The highest BCUT2D eigenvalue weighted by Gasteiger charge is 2.56. The van der Waals surface area contributed by atoms with E-state index in [1.807, 2.05) is 24.3 Å². The number of piperazine rings is 1. The highest BCUT2D eigenvalue weighted by molar-refractivity contribution is 7.89. The van der Waals surface area contributed by atoms with Crippen LogP contribution in [0.4, 0.5) is 4.39 Å². The predicted octanol–water partition coefficient (Wildman–Crippen LogP) is 3.63. The van der Waals surface area contributed by atoms with Crippen molar-refractivity contribution >= 4 is 10.0 Å². The number of hydrogen-bond acceptors (Lipinski definition) is 4. The Balaban J connectivity index is 1.42. The standard InChI is InChI=1S/C24H23FN2O3S/c1-30-23-5-3-2-4-20(23)16-6-8-17(9-7-16)24-21-14-26-15-22(24)27(21)31(28,29)19-12-10-18(25)11-13-19/h2-13,21-22,24,26H,14-15H2,1H3/t21-,22+,24?. The lowest BCUT2D eigenvalue weighted by Crippen LogP contribution is -2.73. The second-order valence-electron chi connectivity index (χ2n) is 7.93. The van der Waals surface area contributed by atoms with E-state index < -0.39 is 15.8 Å². The van der Waals surface area contributed by atoms with Crippen LogP contribution in [0.5, 0.6) is 5.75 Å². The van der Waals surface area contributed by atoms with E-state index in [1.54, 1.807) is 11.4 Å². The minimum absolute atomic E-state index is 0.128. The highest BCUT2D eigenvalue weighted by Crippen LogP contribution is 2.46. The van der Waals surface area contributed by atoms with Crippen LogP contribution in [0, 0.1) is 5.82 Å². The van der Waals surface area contributed by atoms with E-state index in [2.05, 4.69) is 29.6 Å². The van der Waals surface area contributed by atoms with E-state index >= 15 is 0 Å². The molecular weight excluding hydrogens is 415 g/mol. The number of piperidine rings is 1. The third kappa shape index (κ3) is 3.33. The van der Waals surface area contributed by atoms with Crippen LogP contribution in [-0.4, -0.2) is 45.0 Å². The molecule has 1 unspecified atom stereocenters. The van der Waals surface area contributed by atoms with Gasteiger partial charge in [0.2, 0.25) is 10.0 Å². The Kier molecular flexibility index (Phi) is 5.04. The van der Waals surface area contributed by atoms with Gasteiger partial charge in [0.15, 0.2) is 0 Å². The molecule has 7 heteroatoms. The molecule has 0 aromatic heterocycles. The fourth-order valence-electron chi connectivity index (χ4n) is 4.83. The first-order valence-corrected chi connectivity index (χ1v) is 11.7. The first-order chi connectivity index (χ1) is 15.0. The van der Waals surface area contributed by atoms with E-state index in [0.717, 1.165) is 22.4 Å². The Morgan fingerprint density at radius 2 is 1.58 bits per heavy atom. The van der Waals surface area contributed by atoms with Crippen molar-refractivity contribution in [3.05, 3.63) is 84.2 Å². The topological polar surface area (TPSA) is 58.6 Å². The Labute approximate surface area is 181 Å². The molecule has 0 amide bonds. The monoisotopic (exact) mass is 438 g/mol. The molecular formula is C24H23FN2O3S. The highest BCUT2D eigenvalue weighted by atomic mass is 32.2. The van der Waals surface area contributed by atoms with Crippen molar-refractivity contribution in [1.29, 1.82) is 0 Å². The molecule has 2 bridgehead atoms. The van der Waals surface area contributed by atoms with Gasteiger partial charge in [0.1, 0.15) is 11.6 Å². The minimum Gasteiger partial charge on any atom is -0.496 e.